The van der Waals surface area contributed by atoms with Crippen LogP contribution in [0.2, 0.25) is 0 Å². The number of nitrogens with one attached hydrogen (secondary N) is 2. The van der Waals surface area contributed by atoms with Crippen LogP contribution >= 0.6 is 11.3 Å². The van der Waals surface area contributed by atoms with Crippen molar-refractivity contribution in [3.05, 3.63) is 79.2 Å². The number of methoxy groups -OCH3 is 1. The first-order valence-corrected chi connectivity index (χ1v) is 9.36. The zero-order chi connectivity index (χ0) is 19.2. The number of benzene rings is 2. The summed E-state index contributed by atoms with van der Waals surface area (Å²) in [4.78, 5) is 27.1. The third-order valence-electron chi connectivity index (χ3n) is 3.99. The molecular formula is C21H20N2O3S. The Morgan fingerprint density at radius 1 is 1.19 bits per heavy atom. The molecule has 6 heteroatoms. The van der Waals surface area contributed by atoms with Crippen LogP contribution in [-0.4, -0.2) is 18.0 Å². The minimum atomic E-state index is -0.337. The number of aromatic amines is 1. The minimum absolute atomic E-state index is 0.212. The van der Waals surface area contributed by atoms with Gasteiger partial charge in [-0.15, -0.1) is 11.3 Å². The second-order valence-corrected chi connectivity index (χ2v) is 6.94. The maximum atomic E-state index is 12.3. The molecule has 1 amide bonds. The topological polar surface area (TPSA) is 71.2 Å². The van der Waals surface area contributed by atoms with Crippen LogP contribution in [-0.2, 0) is 11.2 Å². The molecule has 0 aliphatic carbocycles. The largest absolute Gasteiger partial charge is 0.495 e. The van der Waals surface area contributed by atoms with E-state index in [0.29, 0.717) is 20.6 Å². The normalized spacial score (nSPS) is 12.2. The third-order valence-corrected chi connectivity index (χ3v) is 4.96. The van der Waals surface area contributed by atoms with Crippen molar-refractivity contribution < 1.29 is 9.53 Å². The molecule has 3 aromatic rings. The molecule has 27 heavy (non-hydrogen) atoms. The van der Waals surface area contributed by atoms with E-state index in [4.69, 9.17) is 4.74 Å². The van der Waals surface area contributed by atoms with Gasteiger partial charge in [-0.05, 0) is 35.8 Å². The Kier molecular flexibility index (Phi) is 5.88. The molecule has 1 heterocycles. The van der Waals surface area contributed by atoms with Crippen LogP contribution in [0, 0.1) is 0 Å². The summed E-state index contributed by atoms with van der Waals surface area (Å²) in [6.45, 7) is 2.10. The number of rotatable bonds is 5. The highest BCUT2D eigenvalue weighted by Gasteiger charge is 2.05. The fourth-order valence-corrected chi connectivity index (χ4v) is 3.45. The second-order valence-electron chi connectivity index (χ2n) is 5.86. The van der Waals surface area contributed by atoms with Crippen molar-refractivity contribution in [2.45, 2.75) is 13.3 Å². The first kappa shape index (κ1) is 18.7. The van der Waals surface area contributed by atoms with Crippen molar-refractivity contribution in [2.24, 2.45) is 0 Å². The second kappa shape index (κ2) is 8.51. The van der Waals surface area contributed by atoms with Crippen LogP contribution in [0.25, 0.3) is 12.2 Å². The van der Waals surface area contributed by atoms with Crippen LogP contribution in [0.1, 0.15) is 18.1 Å². The lowest BCUT2D eigenvalue weighted by molar-refractivity contribution is -0.110. The van der Waals surface area contributed by atoms with Gasteiger partial charge in [0.25, 0.3) is 11.5 Å². The lowest BCUT2D eigenvalue weighted by atomic mass is 10.1. The number of hydrogen-bond acceptors (Lipinski definition) is 4. The number of aromatic nitrogens is 1. The van der Waals surface area contributed by atoms with E-state index in [2.05, 4.69) is 17.2 Å². The third kappa shape index (κ3) is 4.74. The first-order chi connectivity index (χ1) is 13.1. The summed E-state index contributed by atoms with van der Waals surface area (Å²) in [5.74, 6) is 0.235. The molecule has 0 spiro atoms. The molecule has 0 bridgehead atoms. The Morgan fingerprint density at radius 3 is 2.63 bits per heavy atom. The quantitative estimate of drug-likeness (QED) is 0.713. The first-order valence-electron chi connectivity index (χ1n) is 8.54. The fourth-order valence-electron chi connectivity index (χ4n) is 2.56. The summed E-state index contributed by atoms with van der Waals surface area (Å²) in [5.41, 5.74) is 2.55. The molecule has 0 saturated carbocycles. The van der Waals surface area contributed by atoms with E-state index < -0.39 is 0 Å². The van der Waals surface area contributed by atoms with Gasteiger partial charge in [0.05, 0.1) is 17.3 Å². The van der Waals surface area contributed by atoms with Crippen LogP contribution in [0.3, 0.4) is 0 Å². The molecular weight excluding hydrogens is 360 g/mol. The van der Waals surface area contributed by atoms with Gasteiger partial charge in [0, 0.05) is 6.08 Å². The number of para-hydroxylation sites is 2. The van der Waals surface area contributed by atoms with Gasteiger partial charge in [-0.1, -0.05) is 43.3 Å². The molecule has 0 radical (unpaired) electrons. The Bertz CT molecular complexity index is 1110. The number of H-pyrrole nitrogens is 1. The Balaban J connectivity index is 1.85. The number of amides is 1. The number of carbonyl (C=O) groups excluding carboxylic acids is 1. The molecule has 0 atom stereocenters. The zero-order valence-corrected chi connectivity index (χ0v) is 15.9. The van der Waals surface area contributed by atoms with E-state index in [1.54, 1.807) is 19.2 Å². The predicted octanol–water partition coefficient (Wildman–Crippen LogP) is 2.26. The van der Waals surface area contributed by atoms with Crippen molar-refractivity contribution in [1.29, 1.82) is 0 Å². The van der Waals surface area contributed by atoms with Gasteiger partial charge in [0.15, 0.2) is 0 Å². The highest BCUT2D eigenvalue weighted by molar-refractivity contribution is 7.07. The SMILES string of the molecule is CCc1ccc(/C=c2/s/c(=C\C(=O)Nc3ccccc3OC)[nH]c2=O)cc1. The smallest absolute Gasteiger partial charge is 0.266 e. The number of aryl methyl sites for hydroxylation is 1. The van der Waals surface area contributed by atoms with Crippen LogP contribution < -0.4 is 24.8 Å². The van der Waals surface area contributed by atoms with Gasteiger partial charge < -0.3 is 15.0 Å². The van der Waals surface area contributed by atoms with E-state index in [1.807, 2.05) is 42.5 Å². The summed E-state index contributed by atoms with van der Waals surface area (Å²) < 4.78 is 6.25. The molecule has 138 valence electrons. The van der Waals surface area contributed by atoms with E-state index in [1.165, 1.54) is 23.0 Å². The van der Waals surface area contributed by atoms with Crippen molar-refractivity contribution in [1.82, 2.24) is 4.98 Å². The summed E-state index contributed by atoms with van der Waals surface area (Å²) >= 11 is 1.24. The summed E-state index contributed by atoms with van der Waals surface area (Å²) in [6, 6.07) is 15.2. The van der Waals surface area contributed by atoms with Crippen LogP contribution in [0.15, 0.2) is 53.3 Å². The molecule has 5 nitrogen and oxygen atoms in total. The molecule has 2 N–H and O–H groups in total. The predicted molar refractivity (Wildman–Crippen MR) is 110 cm³/mol. The number of hydrogen-bond donors (Lipinski definition) is 2. The lowest BCUT2D eigenvalue weighted by Crippen LogP contribution is -2.20. The molecule has 0 fully saturated rings. The van der Waals surface area contributed by atoms with Crippen molar-refractivity contribution >= 4 is 35.1 Å². The Morgan fingerprint density at radius 2 is 1.93 bits per heavy atom. The molecule has 0 aliphatic rings. The van der Waals surface area contributed by atoms with E-state index in [9.17, 15) is 9.59 Å². The van der Waals surface area contributed by atoms with Crippen LogP contribution in [0.5, 0.6) is 5.75 Å². The number of anilines is 1. The van der Waals surface area contributed by atoms with Crippen LogP contribution in [0.4, 0.5) is 5.69 Å². The van der Waals surface area contributed by atoms with Crippen molar-refractivity contribution in [3.63, 3.8) is 0 Å². The van der Waals surface area contributed by atoms with Gasteiger partial charge in [-0.25, -0.2) is 0 Å². The Labute approximate surface area is 160 Å². The van der Waals surface area contributed by atoms with Gasteiger partial charge in [-0.3, -0.25) is 9.59 Å². The number of ether oxygens (including phenoxy) is 1. The monoisotopic (exact) mass is 380 g/mol. The molecule has 0 aliphatic heterocycles. The molecule has 0 saturated heterocycles. The van der Waals surface area contributed by atoms with Crippen molar-refractivity contribution in [2.75, 3.05) is 12.4 Å². The highest BCUT2D eigenvalue weighted by Crippen LogP contribution is 2.22. The minimum Gasteiger partial charge on any atom is -0.495 e. The van der Waals surface area contributed by atoms with E-state index in [-0.39, 0.29) is 11.5 Å². The number of carbonyl (C=O) groups is 1. The van der Waals surface area contributed by atoms with Gasteiger partial charge in [0.1, 0.15) is 10.4 Å². The molecule has 1 aromatic heterocycles. The number of thiazole rings is 1. The van der Waals surface area contributed by atoms with Gasteiger partial charge in [-0.2, -0.15) is 0 Å². The summed E-state index contributed by atoms with van der Waals surface area (Å²) in [7, 11) is 1.54. The molecule has 2 aromatic carbocycles. The highest BCUT2D eigenvalue weighted by atomic mass is 32.1. The Hall–Kier alpha value is -3.12. The zero-order valence-electron chi connectivity index (χ0n) is 15.1. The average molecular weight is 380 g/mol. The standard InChI is InChI=1S/C21H20N2O3S/c1-3-14-8-10-15(11-9-14)12-18-21(25)23-20(27-18)13-19(24)22-16-6-4-5-7-17(16)26-2/h4-13H,3H2,1-2H3,(H,22,24)(H,23,25)/b18-12+,20-13-. The van der Waals surface area contributed by atoms with E-state index in [0.717, 1.165) is 12.0 Å². The molecule has 3 rings (SSSR count). The average Bonchev–Trinajstić information content (AvgIpc) is 3.01. The van der Waals surface area contributed by atoms with E-state index >= 15 is 0 Å². The fraction of sp³-hybridized carbons (Fsp3) is 0.143. The maximum absolute atomic E-state index is 12.3. The van der Waals surface area contributed by atoms with Crippen molar-refractivity contribution in [3.8, 4) is 5.75 Å². The summed E-state index contributed by atoms with van der Waals surface area (Å²) in [6.07, 6.45) is 4.16. The van der Waals surface area contributed by atoms with Gasteiger partial charge >= 0.3 is 0 Å². The van der Waals surface area contributed by atoms with Gasteiger partial charge in [0.2, 0.25) is 0 Å². The summed E-state index contributed by atoms with van der Waals surface area (Å²) in [5, 5.41) is 2.76. The molecule has 0 unspecified atom stereocenters. The maximum Gasteiger partial charge on any atom is 0.266 e. The lowest BCUT2D eigenvalue weighted by Gasteiger charge is -2.07.